The standard InChI is InChI=1S/C23H27N7/c1-4-8-21-24-22(30(27-21)16(3)5-2)15-17-11-13-18(14-12-17)19-9-6-7-10-20(19)23-25-28-29-26-23/h6-7,9-14,16H,4-5,8,15H2,1-3H3,(H,25,26,28,29). The van der Waals surface area contributed by atoms with E-state index in [4.69, 9.17) is 10.1 Å². The summed E-state index contributed by atoms with van der Waals surface area (Å²) in [5, 5.41) is 19.2. The first-order chi connectivity index (χ1) is 14.7. The minimum absolute atomic E-state index is 0.346. The monoisotopic (exact) mass is 401 g/mol. The van der Waals surface area contributed by atoms with Gasteiger partial charge in [-0.3, -0.25) is 0 Å². The van der Waals surface area contributed by atoms with E-state index in [1.54, 1.807) is 0 Å². The zero-order chi connectivity index (χ0) is 20.9. The van der Waals surface area contributed by atoms with Gasteiger partial charge in [0.05, 0.1) is 6.04 Å². The highest BCUT2D eigenvalue weighted by Gasteiger charge is 2.15. The SMILES string of the molecule is CCCc1nc(Cc2ccc(-c3ccccc3-c3nn[nH]n3)cc2)n(C(C)CC)n1. The van der Waals surface area contributed by atoms with E-state index in [2.05, 4.69) is 76.4 Å². The molecule has 7 heteroatoms. The van der Waals surface area contributed by atoms with Crippen molar-refractivity contribution in [3.63, 3.8) is 0 Å². The maximum absolute atomic E-state index is 4.82. The third kappa shape index (κ3) is 4.15. The molecule has 2 aromatic heterocycles. The van der Waals surface area contributed by atoms with Crippen molar-refractivity contribution in [2.24, 2.45) is 0 Å². The molecule has 30 heavy (non-hydrogen) atoms. The number of tetrazole rings is 1. The van der Waals surface area contributed by atoms with Gasteiger partial charge in [-0.25, -0.2) is 9.67 Å². The number of rotatable bonds is 8. The Labute approximate surface area is 176 Å². The molecule has 0 aliphatic rings. The molecule has 0 fully saturated rings. The first-order valence-corrected chi connectivity index (χ1v) is 10.6. The lowest BCUT2D eigenvalue weighted by atomic mass is 9.98. The maximum Gasteiger partial charge on any atom is 0.205 e. The number of hydrogen-bond acceptors (Lipinski definition) is 5. The van der Waals surface area contributed by atoms with Crippen LogP contribution in [0.1, 0.15) is 56.9 Å². The second-order valence-electron chi connectivity index (χ2n) is 7.55. The van der Waals surface area contributed by atoms with Crippen LogP contribution in [0.5, 0.6) is 0 Å². The van der Waals surface area contributed by atoms with Gasteiger partial charge in [-0.15, -0.1) is 10.2 Å². The molecule has 0 bridgehead atoms. The molecular formula is C23H27N7. The Morgan fingerprint density at radius 1 is 1.00 bits per heavy atom. The quantitative estimate of drug-likeness (QED) is 0.465. The maximum atomic E-state index is 4.82. The first kappa shape index (κ1) is 19.9. The average Bonchev–Trinajstić information content (AvgIpc) is 3.45. The third-order valence-corrected chi connectivity index (χ3v) is 5.37. The lowest BCUT2D eigenvalue weighted by molar-refractivity contribution is 0.457. The number of hydrogen-bond donors (Lipinski definition) is 1. The summed E-state index contributed by atoms with van der Waals surface area (Å²) >= 11 is 0. The van der Waals surface area contributed by atoms with E-state index >= 15 is 0 Å². The van der Waals surface area contributed by atoms with Crippen molar-refractivity contribution in [1.29, 1.82) is 0 Å². The van der Waals surface area contributed by atoms with Gasteiger partial charge in [0.25, 0.3) is 0 Å². The first-order valence-electron chi connectivity index (χ1n) is 10.6. The van der Waals surface area contributed by atoms with Crippen LogP contribution < -0.4 is 0 Å². The third-order valence-electron chi connectivity index (χ3n) is 5.37. The number of benzene rings is 2. The number of aromatic nitrogens is 7. The van der Waals surface area contributed by atoms with Gasteiger partial charge in [0.2, 0.25) is 5.82 Å². The summed E-state index contributed by atoms with van der Waals surface area (Å²) < 4.78 is 2.10. The topological polar surface area (TPSA) is 85.2 Å². The van der Waals surface area contributed by atoms with E-state index in [1.165, 1.54) is 5.56 Å². The van der Waals surface area contributed by atoms with Crippen molar-refractivity contribution >= 4 is 0 Å². The Balaban J connectivity index is 1.60. The second-order valence-corrected chi connectivity index (χ2v) is 7.55. The molecular weight excluding hydrogens is 374 g/mol. The smallest absolute Gasteiger partial charge is 0.205 e. The number of aryl methyl sites for hydroxylation is 1. The van der Waals surface area contributed by atoms with Crippen molar-refractivity contribution in [3.05, 3.63) is 65.7 Å². The van der Waals surface area contributed by atoms with Crippen LogP contribution in [0, 0.1) is 0 Å². The van der Waals surface area contributed by atoms with Crippen LogP contribution in [0.2, 0.25) is 0 Å². The molecule has 0 radical (unpaired) electrons. The van der Waals surface area contributed by atoms with Crippen molar-refractivity contribution in [3.8, 4) is 22.5 Å². The molecule has 2 aromatic carbocycles. The van der Waals surface area contributed by atoms with Gasteiger partial charge in [-0.2, -0.15) is 10.3 Å². The molecule has 0 aliphatic carbocycles. The number of aromatic amines is 1. The molecule has 2 heterocycles. The van der Waals surface area contributed by atoms with Crippen LogP contribution in [-0.4, -0.2) is 35.4 Å². The molecule has 1 N–H and O–H groups in total. The minimum atomic E-state index is 0.346. The van der Waals surface area contributed by atoms with Gasteiger partial charge in [0.15, 0.2) is 5.82 Å². The second kappa shape index (κ2) is 8.98. The van der Waals surface area contributed by atoms with Crippen LogP contribution >= 0.6 is 0 Å². The van der Waals surface area contributed by atoms with Crippen molar-refractivity contribution in [1.82, 2.24) is 35.4 Å². The van der Waals surface area contributed by atoms with Gasteiger partial charge in [-0.05, 0) is 41.7 Å². The lowest BCUT2D eigenvalue weighted by Crippen LogP contribution is -2.11. The highest BCUT2D eigenvalue weighted by Crippen LogP contribution is 2.30. The zero-order valence-corrected chi connectivity index (χ0v) is 17.7. The predicted octanol–water partition coefficient (Wildman–Crippen LogP) is 4.64. The molecule has 154 valence electrons. The summed E-state index contributed by atoms with van der Waals surface area (Å²) in [7, 11) is 0. The summed E-state index contributed by atoms with van der Waals surface area (Å²) in [5.41, 5.74) is 4.38. The van der Waals surface area contributed by atoms with Crippen LogP contribution in [0.3, 0.4) is 0 Å². The summed E-state index contributed by atoms with van der Waals surface area (Å²) in [5.74, 6) is 2.57. The van der Waals surface area contributed by atoms with E-state index in [0.29, 0.717) is 11.9 Å². The van der Waals surface area contributed by atoms with Gasteiger partial charge >= 0.3 is 0 Å². The highest BCUT2D eigenvalue weighted by atomic mass is 15.5. The van der Waals surface area contributed by atoms with E-state index in [9.17, 15) is 0 Å². The van der Waals surface area contributed by atoms with E-state index in [-0.39, 0.29) is 0 Å². The predicted molar refractivity (Wildman–Crippen MR) is 117 cm³/mol. The lowest BCUT2D eigenvalue weighted by Gasteiger charge is -2.12. The van der Waals surface area contributed by atoms with Gasteiger partial charge in [0, 0.05) is 18.4 Å². The number of H-pyrrole nitrogens is 1. The summed E-state index contributed by atoms with van der Waals surface area (Å²) in [6, 6.07) is 17.1. The summed E-state index contributed by atoms with van der Waals surface area (Å²) in [6.45, 7) is 6.55. The van der Waals surface area contributed by atoms with Crippen LogP contribution in [-0.2, 0) is 12.8 Å². The molecule has 0 saturated carbocycles. The van der Waals surface area contributed by atoms with Crippen molar-refractivity contribution < 1.29 is 0 Å². The Morgan fingerprint density at radius 3 is 2.43 bits per heavy atom. The van der Waals surface area contributed by atoms with E-state index < -0.39 is 0 Å². The van der Waals surface area contributed by atoms with Crippen molar-refractivity contribution in [2.75, 3.05) is 0 Å². The number of nitrogens with one attached hydrogen (secondary N) is 1. The Hall–Kier alpha value is -3.35. The molecule has 4 rings (SSSR count). The average molecular weight is 402 g/mol. The molecule has 4 aromatic rings. The molecule has 0 aliphatic heterocycles. The van der Waals surface area contributed by atoms with Crippen LogP contribution in [0.15, 0.2) is 48.5 Å². The molecule has 7 nitrogen and oxygen atoms in total. The molecule has 0 spiro atoms. The highest BCUT2D eigenvalue weighted by molar-refractivity contribution is 5.80. The fraction of sp³-hybridized carbons (Fsp3) is 0.348. The van der Waals surface area contributed by atoms with Crippen molar-refractivity contribution in [2.45, 2.75) is 52.5 Å². The summed E-state index contributed by atoms with van der Waals surface area (Å²) in [6.07, 6.45) is 3.78. The van der Waals surface area contributed by atoms with E-state index in [0.717, 1.165) is 54.0 Å². The van der Waals surface area contributed by atoms with Gasteiger partial charge in [0.1, 0.15) is 5.82 Å². The number of nitrogens with zero attached hydrogens (tertiary/aromatic N) is 6. The molecule has 0 saturated heterocycles. The molecule has 0 amide bonds. The van der Waals surface area contributed by atoms with Crippen LogP contribution in [0.4, 0.5) is 0 Å². The van der Waals surface area contributed by atoms with Gasteiger partial charge in [-0.1, -0.05) is 62.4 Å². The Kier molecular flexibility index (Phi) is 5.97. The van der Waals surface area contributed by atoms with Gasteiger partial charge < -0.3 is 0 Å². The molecule has 1 unspecified atom stereocenters. The Bertz CT molecular complexity index is 1080. The largest absolute Gasteiger partial charge is 0.247 e. The Morgan fingerprint density at radius 2 is 1.77 bits per heavy atom. The summed E-state index contributed by atoms with van der Waals surface area (Å²) in [4.78, 5) is 4.82. The normalized spacial score (nSPS) is 12.2. The van der Waals surface area contributed by atoms with Crippen LogP contribution in [0.25, 0.3) is 22.5 Å². The minimum Gasteiger partial charge on any atom is -0.247 e. The fourth-order valence-electron chi connectivity index (χ4n) is 3.57. The zero-order valence-electron chi connectivity index (χ0n) is 17.7. The van der Waals surface area contributed by atoms with E-state index in [1.807, 2.05) is 18.2 Å². The fourth-order valence-corrected chi connectivity index (χ4v) is 3.57. The molecule has 1 atom stereocenters.